The van der Waals surface area contributed by atoms with Crippen molar-refractivity contribution in [1.82, 2.24) is 9.97 Å². The SMILES string of the molecule is CC(C)N1C(=O)CCc2cnc3ncccc3c21. The molecule has 0 saturated heterocycles. The fraction of sp³-hybridized carbons (Fsp3) is 0.357. The fourth-order valence-corrected chi connectivity index (χ4v) is 2.56. The Morgan fingerprint density at radius 2 is 2.11 bits per heavy atom. The minimum atomic E-state index is 0.155. The van der Waals surface area contributed by atoms with Gasteiger partial charge in [-0.3, -0.25) is 4.79 Å². The van der Waals surface area contributed by atoms with E-state index in [-0.39, 0.29) is 11.9 Å². The van der Waals surface area contributed by atoms with Gasteiger partial charge in [-0.25, -0.2) is 9.97 Å². The van der Waals surface area contributed by atoms with E-state index in [0.717, 1.165) is 23.1 Å². The summed E-state index contributed by atoms with van der Waals surface area (Å²) in [7, 11) is 0. The zero-order chi connectivity index (χ0) is 12.7. The molecule has 92 valence electrons. The molecule has 0 N–H and O–H groups in total. The van der Waals surface area contributed by atoms with Crippen LogP contribution in [0.2, 0.25) is 0 Å². The molecule has 1 amide bonds. The summed E-state index contributed by atoms with van der Waals surface area (Å²) < 4.78 is 0. The molecule has 3 heterocycles. The molecule has 2 aromatic rings. The van der Waals surface area contributed by atoms with Crippen LogP contribution in [0.5, 0.6) is 0 Å². The highest BCUT2D eigenvalue weighted by Gasteiger charge is 2.28. The molecule has 0 spiro atoms. The molecule has 4 nitrogen and oxygen atoms in total. The highest BCUT2D eigenvalue weighted by molar-refractivity contribution is 6.05. The number of amides is 1. The summed E-state index contributed by atoms with van der Waals surface area (Å²) in [5.41, 5.74) is 2.85. The van der Waals surface area contributed by atoms with E-state index in [1.807, 2.05) is 37.1 Å². The molecule has 18 heavy (non-hydrogen) atoms. The molecule has 2 aromatic heterocycles. The fourth-order valence-electron chi connectivity index (χ4n) is 2.56. The largest absolute Gasteiger partial charge is 0.309 e. The van der Waals surface area contributed by atoms with E-state index in [0.29, 0.717) is 12.1 Å². The van der Waals surface area contributed by atoms with Crippen LogP contribution in [-0.4, -0.2) is 21.9 Å². The van der Waals surface area contributed by atoms with Crippen LogP contribution >= 0.6 is 0 Å². The molecule has 0 fully saturated rings. The van der Waals surface area contributed by atoms with Crippen LogP contribution in [0.3, 0.4) is 0 Å². The average Bonchev–Trinajstić information content (AvgIpc) is 2.38. The summed E-state index contributed by atoms with van der Waals surface area (Å²) in [6.07, 6.45) is 4.92. The number of carbonyl (C=O) groups is 1. The minimum Gasteiger partial charge on any atom is -0.309 e. The zero-order valence-electron chi connectivity index (χ0n) is 10.6. The maximum absolute atomic E-state index is 12.1. The number of rotatable bonds is 1. The van der Waals surface area contributed by atoms with Crippen LogP contribution in [0.1, 0.15) is 25.8 Å². The van der Waals surface area contributed by atoms with Gasteiger partial charge in [0.05, 0.1) is 5.69 Å². The summed E-state index contributed by atoms with van der Waals surface area (Å²) in [5.74, 6) is 0.189. The van der Waals surface area contributed by atoms with Crippen LogP contribution in [-0.2, 0) is 11.2 Å². The molecule has 0 radical (unpaired) electrons. The van der Waals surface area contributed by atoms with Gasteiger partial charge in [-0.1, -0.05) is 0 Å². The second-order valence-electron chi connectivity index (χ2n) is 4.86. The molecule has 0 atom stereocenters. The van der Waals surface area contributed by atoms with Crippen LogP contribution in [0, 0.1) is 0 Å². The molecule has 3 rings (SSSR count). The van der Waals surface area contributed by atoms with Crippen molar-refractivity contribution in [3.05, 3.63) is 30.1 Å². The van der Waals surface area contributed by atoms with Crippen LogP contribution in [0.25, 0.3) is 11.0 Å². The number of hydrogen-bond acceptors (Lipinski definition) is 3. The van der Waals surface area contributed by atoms with E-state index in [4.69, 9.17) is 0 Å². The van der Waals surface area contributed by atoms with Gasteiger partial charge < -0.3 is 4.90 Å². The lowest BCUT2D eigenvalue weighted by atomic mass is 9.99. The lowest BCUT2D eigenvalue weighted by Gasteiger charge is -2.33. The Kier molecular flexibility index (Phi) is 2.51. The van der Waals surface area contributed by atoms with Gasteiger partial charge in [-0.15, -0.1) is 0 Å². The first-order chi connectivity index (χ1) is 8.68. The average molecular weight is 241 g/mol. The molecule has 0 aromatic carbocycles. The van der Waals surface area contributed by atoms with Gasteiger partial charge in [0.25, 0.3) is 0 Å². The topological polar surface area (TPSA) is 46.1 Å². The quantitative estimate of drug-likeness (QED) is 0.769. The van der Waals surface area contributed by atoms with E-state index in [9.17, 15) is 4.79 Å². The van der Waals surface area contributed by atoms with Crippen molar-refractivity contribution in [1.29, 1.82) is 0 Å². The van der Waals surface area contributed by atoms with Crippen LogP contribution < -0.4 is 4.90 Å². The monoisotopic (exact) mass is 241 g/mol. The summed E-state index contributed by atoms with van der Waals surface area (Å²) >= 11 is 0. The third-order valence-corrected chi connectivity index (χ3v) is 3.32. The van der Waals surface area contributed by atoms with Crippen molar-refractivity contribution >= 4 is 22.6 Å². The van der Waals surface area contributed by atoms with Gasteiger partial charge in [-0.2, -0.15) is 0 Å². The Hall–Kier alpha value is -1.97. The molecule has 0 bridgehead atoms. The Morgan fingerprint density at radius 3 is 2.89 bits per heavy atom. The second kappa shape index (κ2) is 4.05. The van der Waals surface area contributed by atoms with Crippen molar-refractivity contribution in [3.8, 4) is 0 Å². The third-order valence-electron chi connectivity index (χ3n) is 3.32. The van der Waals surface area contributed by atoms with Gasteiger partial charge in [0.2, 0.25) is 5.91 Å². The van der Waals surface area contributed by atoms with Gasteiger partial charge in [0.1, 0.15) is 0 Å². The third kappa shape index (κ3) is 1.56. The van der Waals surface area contributed by atoms with Crippen molar-refractivity contribution < 1.29 is 4.79 Å². The number of nitrogens with zero attached hydrogens (tertiary/aromatic N) is 3. The standard InChI is InChI=1S/C14H15N3O/c1-9(2)17-12(18)6-5-10-8-16-14-11(13(10)17)4-3-7-15-14/h3-4,7-9H,5-6H2,1-2H3. The number of fused-ring (bicyclic) bond motifs is 3. The minimum absolute atomic E-state index is 0.155. The Balaban J connectivity index is 2.32. The maximum atomic E-state index is 12.1. The van der Waals surface area contributed by atoms with Crippen molar-refractivity contribution in [2.45, 2.75) is 32.7 Å². The molecular weight excluding hydrogens is 226 g/mol. The van der Waals surface area contributed by atoms with Crippen LogP contribution in [0.4, 0.5) is 5.69 Å². The smallest absolute Gasteiger partial charge is 0.227 e. The highest BCUT2D eigenvalue weighted by Crippen LogP contribution is 2.34. The van der Waals surface area contributed by atoms with E-state index in [2.05, 4.69) is 9.97 Å². The summed E-state index contributed by atoms with van der Waals surface area (Å²) in [6, 6.07) is 4.03. The normalized spacial score (nSPS) is 15.3. The zero-order valence-corrected chi connectivity index (χ0v) is 10.6. The summed E-state index contributed by atoms with van der Waals surface area (Å²) in [4.78, 5) is 22.6. The Labute approximate surface area is 106 Å². The van der Waals surface area contributed by atoms with Gasteiger partial charge in [-0.05, 0) is 38.0 Å². The van der Waals surface area contributed by atoms with Gasteiger partial charge in [0, 0.05) is 30.2 Å². The molecule has 0 saturated carbocycles. The number of aryl methyl sites for hydroxylation is 1. The van der Waals surface area contributed by atoms with E-state index < -0.39 is 0 Å². The predicted octanol–water partition coefficient (Wildman–Crippen LogP) is 2.32. The van der Waals surface area contributed by atoms with Crippen molar-refractivity contribution in [2.75, 3.05) is 4.90 Å². The van der Waals surface area contributed by atoms with Crippen molar-refractivity contribution in [2.24, 2.45) is 0 Å². The Morgan fingerprint density at radius 1 is 1.28 bits per heavy atom. The Bertz CT molecular complexity index is 621. The molecule has 1 aliphatic heterocycles. The predicted molar refractivity (Wildman–Crippen MR) is 70.5 cm³/mol. The van der Waals surface area contributed by atoms with E-state index in [1.54, 1.807) is 6.20 Å². The van der Waals surface area contributed by atoms with Gasteiger partial charge >= 0.3 is 0 Å². The lowest BCUT2D eigenvalue weighted by Crippen LogP contribution is -2.40. The highest BCUT2D eigenvalue weighted by atomic mass is 16.2. The van der Waals surface area contributed by atoms with Crippen molar-refractivity contribution in [3.63, 3.8) is 0 Å². The molecular formula is C14H15N3O. The lowest BCUT2D eigenvalue weighted by molar-refractivity contribution is -0.119. The number of aromatic nitrogens is 2. The number of anilines is 1. The maximum Gasteiger partial charge on any atom is 0.227 e. The number of pyridine rings is 2. The van der Waals surface area contributed by atoms with Crippen LogP contribution in [0.15, 0.2) is 24.5 Å². The number of carbonyl (C=O) groups excluding carboxylic acids is 1. The first kappa shape index (κ1) is 11.1. The first-order valence-electron chi connectivity index (χ1n) is 6.23. The molecule has 0 unspecified atom stereocenters. The summed E-state index contributed by atoms with van der Waals surface area (Å²) in [5, 5.41) is 0.969. The molecule has 0 aliphatic carbocycles. The number of hydrogen-bond donors (Lipinski definition) is 0. The first-order valence-corrected chi connectivity index (χ1v) is 6.23. The summed E-state index contributed by atoms with van der Waals surface area (Å²) in [6.45, 7) is 4.07. The second-order valence-corrected chi connectivity index (χ2v) is 4.86. The van der Waals surface area contributed by atoms with Gasteiger partial charge in [0.15, 0.2) is 5.65 Å². The van der Waals surface area contributed by atoms with E-state index in [1.165, 1.54) is 0 Å². The molecule has 4 heteroatoms. The molecule has 1 aliphatic rings. The van der Waals surface area contributed by atoms with E-state index >= 15 is 0 Å².